The van der Waals surface area contributed by atoms with E-state index < -0.39 is 0 Å². The summed E-state index contributed by atoms with van der Waals surface area (Å²) in [5.74, 6) is -0.313. The lowest BCUT2D eigenvalue weighted by atomic mass is 10.1. The quantitative estimate of drug-likeness (QED) is 0.637. The van der Waals surface area contributed by atoms with Gasteiger partial charge >= 0.3 is 0 Å². The van der Waals surface area contributed by atoms with Crippen LogP contribution in [-0.4, -0.2) is 60.2 Å². The Labute approximate surface area is 184 Å². The first-order valence-corrected chi connectivity index (χ1v) is 11.4. The van der Waals surface area contributed by atoms with Gasteiger partial charge in [0.05, 0.1) is 16.5 Å². The van der Waals surface area contributed by atoms with Crippen molar-refractivity contribution in [1.29, 1.82) is 0 Å². The Morgan fingerprint density at radius 3 is 2.39 bits per heavy atom. The molecule has 2 fully saturated rings. The zero-order chi connectivity index (χ0) is 21.4. The van der Waals surface area contributed by atoms with Gasteiger partial charge in [0.25, 0.3) is 5.91 Å². The van der Waals surface area contributed by atoms with Gasteiger partial charge in [-0.15, -0.1) is 11.3 Å². The number of carbonyl (C=O) groups is 3. The lowest BCUT2D eigenvalue weighted by molar-refractivity contribution is -0.137. The number of hydrogen-bond donors (Lipinski definition) is 0. The molecule has 0 radical (unpaired) electrons. The average molecular weight is 434 g/mol. The van der Waals surface area contributed by atoms with Crippen LogP contribution in [0.1, 0.15) is 16.1 Å². The number of rotatable bonds is 3. The number of hydrogen-bond acceptors (Lipinski definition) is 4. The number of anilines is 1. The molecule has 2 saturated heterocycles. The maximum absolute atomic E-state index is 13.1. The van der Waals surface area contributed by atoms with Crippen LogP contribution in [0.25, 0.3) is 10.8 Å². The predicted octanol–water partition coefficient (Wildman–Crippen LogP) is 3.24. The van der Waals surface area contributed by atoms with Crippen LogP contribution < -0.4 is 4.90 Å². The van der Waals surface area contributed by atoms with E-state index in [1.807, 2.05) is 64.9 Å². The van der Waals surface area contributed by atoms with Crippen molar-refractivity contribution in [1.82, 2.24) is 9.80 Å². The molecular weight excluding hydrogens is 410 g/mol. The fraction of sp³-hybridized carbons (Fsp3) is 0.292. The molecule has 2 aromatic carbocycles. The van der Waals surface area contributed by atoms with Crippen molar-refractivity contribution in [2.45, 2.75) is 6.42 Å². The number of thiophene rings is 1. The first kappa shape index (κ1) is 19.8. The van der Waals surface area contributed by atoms with Crippen molar-refractivity contribution < 1.29 is 14.4 Å². The minimum atomic E-state index is -0.342. The molecule has 1 aromatic heterocycles. The van der Waals surface area contributed by atoms with Gasteiger partial charge in [0.2, 0.25) is 11.8 Å². The van der Waals surface area contributed by atoms with E-state index in [1.165, 1.54) is 11.3 Å². The van der Waals surface area contributed by atoms with Crippen LogP contribution in [0.2, 0.25) is 0 Å². The Hall–Kier alpha value is -3.19. The Morgan fingerprint density at radius 2 is 1.61 bits per heavy atom. The highest BCUT2D eigenvalue weighted by Crippen LogP contribution is 2.32. The second-order valence-electron chi connectivity index (χ2n) is 8.00. The summed E-state index contributed by atoms with van der Waals surface area (Å²) in [5.41, 5.74) is 0.866. The first-order valence-electron chi connectivity index (χ1n) is 10.5. The molecule has 3 heterocycles. The Kier molecular flexibility index (Phi) is 5.19. The van der Waals surface area contributed by atoms with Crippen molar-refractivity contribution in [3.8, 4) is 0 Å². The van der Waals surface area contributed by atoms with E-state index in [9.17, 15) is 14.4 Å². The van der Waals surface area contributed by atoms with E-state index >= 15 is 0 Å². The maximum atomic E-state index is 13.1. The van der Waals surface area contributed by atoms with Gasteiger partial charge in [-0.1, -0.05) is 42.5 Å². The topological polar surface area (TPSA) is 60.9 Å². The highest BCUT2D eigenvalue weighted by Gasteiger charge is 2.38. The SMILES string of the molecule is O=C(c1cccs1)N1CCN(C(=O)[C@@H]2CC(=O)N(c3cccc4ccccc34)C2)CC1. The van der Waals surface area contributed by atoms with E-state index in [1.54, 1.807) is 9.80 Å². The molecule has 3 amide bonds. The summed E-state index contributed by atoms with van der Waals surface area (Å²) < 4.78 is 0. The lowest BCUT2D eigenvalue weighted by Crippen LogP contribution is -2.52. The van der Waals surface area contributed by atoms with E-state index in [0.29, 0.717) is 32.7 Å². The summed E-state index contributed by atoms with van der Waals surface area (Å²) in [5, 5.41) is 3.99. The van der Waals surface area contributed by atoms with Gasteiger partial charge in [0, 0.05) is 44.5 Å². The van der Waals surface area contributed by atoms with Crippen LogP contribution >= 0.6 is 11.3 Å². The lowest BCUT2D eigenvalue weighted by Gasteiger charge is -2.35. The van der Waals surface area contributed by atoms with Crippen molar-refractivity contribution in [2.24, 2.45) is 5.92 Å². The third-order valence-electron chi connectivity index (χ3n) is 6.14. The smallest absolute Gasteiger partial charge is 0.264 e. The highest BCUT2D eigenvalue weighted by atomic mass is 32.1. The van der Waals surface area contributed by atoms with Crippen LogP contribution in [-0.2, 0) is 9.59 Å². The fourth-order valence-corrected chi connectivity index (χ4v) is 5.18. The van der Waals surface area contributed by atoms with Gasteiger partial charge in [-0.2, -0.15) is 0 Å². The van der Waals surface area contributed by atoms with Crippen molar-refractivity contribution >= 4 is 45.5 Å². The van der Waals surface area contributed by atoms with Gasteiger partial charge < -0.3 is 14.7 Å². The van der Waals surface area contributed by atoms with Gasteiger partial charge in [-0.05, 0) is 22.9 Å². The molecule has 0 unspecified atom stereocenters. The molecule has 2 aliphatic rings. The Morgan fingerprint density at radius 1 is 0.871 bits per heavy atom. The minimum absolute atomic E-state index is 0.0128. The molecule has 3 aromatic rings. The maximum Gasteiger partial charge on any atom is 0.264 e. The zero-order valence-corrected chi connectivity index (χ0v) is 17.9. The second-order valence-corrected chi connectivity index (χ2v) is 8.95. The van der Waals surface area contributed by atoms with Gasteiger partial charge in [0.15, 0.2) is 0 Å². The van der Waals surface area contributed by atoms with Crippen LogP contribution in [0.3, 0.4) is 0 Å². The van der Waals surface area contributed by atoms with Crippen LogP contribution in [0.4, 0.5) is 5.69 Å². The van der Waals surface area contributed by atoms with Crippen LogP contribution in [0, 0.1) is 5.92 Å². The summed E-state index contributed by atoms with van der Waals surface area (Å²) in [6.07, 6.45) is 0.233. The molecule has 1 atom stereocenters. The van der Waals surface area contributed by atoms with Gasteiger partial charge in [-0.25, -0.2) is 0 Å². The molecule has 0 saturated carbocycles. The average Bonchev–Trinajstić information content (AvgIpc) is 3.48. The molecule has 6 nitrogen and oxygen atoms in total. The molecular formula is C24H23N3O3S. The summed E-state index contributed by atoms with van der Waals surface area (Å²) in [6, 6.07) is 17.6. The normalized spacial score (nSPS) is 19.3. The van der Waals surface area contributed by atoms with E-state index in [0.717, 1.165) is 21.3 Å². The number of fused-ring (bicyclic) bond motifs is 1. The molecule has 31 heavy (non-hydrogen) atoms. The van der Waals surface area contributed by atoms with Crippen molar-refractivity contribution in [2.75, 3.05) is 37.6 Å². The van der Waals surface area contributed by atoms with E-state index in [-0.39, 0.29) is 30.1 Å². The Bertz CT molecular complexity index is 1130. The zero-order valence-electron chi connectivity index (χ0n) is 17.1. The largest absolute Gasteiger partial charge is 0.339 e. The number of nitrogens with zero attached hydrogens (tertiary/aromatic N) is 3. The number of carbonyl (C=O) groups excluding carboxylic acids is 3. The molecule has 0 bridgehead atoms. The van der Waals surface area contributed by atoms with Gasteiger partial charge in [-0.3, -0.25) is 14.4 Å². The summed E-state index contributed by atoms with van der Waals surface area (Å²) in [6.45, 7) is 2.47. The minimum Gasteiger partial charge on any atom is -0.339 e. The third kappa shape index (κ3) is 3.70. The highest BCUT2D eigenvalue weighted by molar-refractivity contribution is 7.12. The van der Waals surface area contributed by atoms with E-state index in [2.05, 4.69) is 0 Å². The first-order chi connectivity index (χ1) is 15.1. The van der Waals surface area contributed by atoms with Crippen LogP contribution in [0.5, 0.6) is 0 Å². The molecule has 0 spiro atoms. The molecule has 2 aliphatic heterocycles. The standard InChI is InChI=1S/C24H23N3O3S/c28-22-15-18(16-27(22)20-8-3-6-17-5-1-2-7-19(17)20)23(29)25-10-12-26(13-11-25)24(30)21-9-4-14-31-21/h1-9,14,18H,10-13,15-16H2/t18-/m1/s1. The molecule has 158 valence electrons. The third-order valence-corrected chi connectivity index (χ3v) is 7.00. The van der Waals surface area contributed by atoms with Gasteiger partial charge in [0.1, 0.15) is 0 Å². The number of benzene rings is 2. The molecule has 7 heteroatoms. The predicted molar refractivity (Wildman–Crippen MR) is 121 cm³/mol. The van der Waals surface area contributed by atoms with E-state index in [4.69, 9.17) is 0 Å². The summed E-state index contributed by atoms with van der Waals surface area (Å²) in [7, 11) is 0. The number of piperazine rings is 1. The van der Waals surface area contributed by atoms with Crippen molar-refractivity contribution in [3.05, 3.63) is 64.9 Å². The fourth-order valence-electron chi connectivity index (χ4n) is 4.49. The molecule has 5 rings (SSSR count). The summed E-state index contributed by atoms with van der Waals surface area (Å²) >= 11 is 1.44. The number of amides is 3. The molecule has 0 aliphatic carbocycles. The van der Waals surface area contributed by atoms with Crippen molar-refractivity contribution in [3.63, 3.8) is 0 Å². The monoisotopic (exact) mass is 433 g/mol. The molecule has 0 N–H and O–H groups in total. The summed E-state index contributed by atoms with van der Waals surface area (Å²) in [4.78, 5) is 44.5. The second kappa shape index (κ2) is 8.15. The Balaban J connectivity index is 1.25. The van der Waals surface area contributed by atoms with Crippen LogP contribution in [0.15, 0.2) is 60.0 Å².